The molecule has 1 aromatic carbocycles. The van der Waals surface area contributed by atoms with Gasteiger partial charge in [0, 0.05) is 6.04 Å². The van der Waals surface area contributed by atoms with Gasteiger partial charge in [-0.25, -0.2) is 0 Å². The summed E-state index contributed by atoms with van der Waals surface area (Å²) in [7, 11) is 0. The molecule has 0 fully saturated rings. The normalized spacial score (nSPS) is 12.1. The van der Waals surface area contributed by atoms with Gasteiger partial charge in [0.2, 0.25) is 0 Å². The Hall–Kier alpha value is -1.28. The zero-order valence-corrected chi connectivity index (χ0v) is 12.9. The fourth-order valence-corrected chi connectivity index (χ4v) is 2.12. The van der Waals surface area contributed by atoms with Crippen LogP contribution in [0.3, 0.4) is 0 Å². The molecule has 0 amide bonds. The molecule has 0 radical (unpaired) electrons. The van der Waals surface area contributed by atoms with E-state index in [0.717, 1.165) is 18.6 Å². The van der Waals surface area contributed by atoms with Crippen molar-refractivity contribution in [2.45, 2.75) is 53.5 Å². The summed E-state index contributed by atoms with van der Waals surface area (Å²) >= 11 is 0. The lowest BCUT2D eigenvalue weighted by Gasteiger charge is -2.15. The van der Waals surface area contributed by atoms with E-state index < -0.39 is 0 Å². The van der Waals surface area contributed by atoms with Gasteiger partial charge in [-0.05, 0) is 63.3 Å². The van der Waals surface area contributed by atoms with Crippen LogP contribution < -0.4 is 10.5 Å². The highest BCUT2D eigenvalue weighted by Gasteiger charge is 2.08. The van der Waals surface area contributed by atoms with Crippen LogP contribution in [0, 0.1) is 13.8 Å². The summed E-state index contributed by atoms with van der Waals surface area (Å²) in [6, 6.07) is 4.64. The average molecular weight is 261 g/mol. The van der Waals surface area contributed by atoms with Crippen molar-refractivity contribution in [2.75, 3.05) is 6.61 Å². The summed E-state index contributed by atoms with van der Waals surface area (Å²) in [5.74, 6) is 1.01. The Morgan fingerprint density at radius 2 is 1.84 bits per heavy atom. The molecule has 2 N–H and O–H groups in total. The van der Waals surface area contributed by atoms with E-state index in [0.29, 0.717) is 6.61 Å². The lowest BCUT2D eigenvalue weighted by molar-refractivity contribution is 0.356. The van der Waals surface area contributed by atoms with Crippen LogP contribution in [0.5, 0.6) is 5.75 Å². The van der Waals surface area contributed by atoms with E-state index in [1.54, 1.807) is 0 Å². The molecule has 1 aromatic rings. The molecule has 0 heterocycles. The number of aryl methyl sites for hydroxylation is 2. The van der Waals surface area contributed by atoms with Gasteiger partial charge in [0.1, 0.15) is 12.4 Å². The molecule has 2 heteroatoms. The molecule has 0 spiro atoms. The van der Waals surface area contributed by atoms with E-state index in [1.165, 1.54) is 22.3 Å². The van der Waals surface area contributed by atoms with Crippen LogP contribution in [0.25, 0.3) is 0 Å². The van der Waals surface area contributed by atoms with Crippen molar-refractivity contribution >= 4 is 0 Å². The van der Waals surface area contributed by atoms with E-state index in [1.807, 2.05) is 0 Å². The Bertz CT molecular complexity index is 422. The molecular weight excluding hydrogens is 234 g/mol. The third-order valence-electron chi connectivity index (χ3n) is 3.26. The number of ether oxygens (including phenoxy) is 1. The van der Waals surface area contributed by atoms with Crippen LogP contribution in [0.1, 0.15) is 43.9 Å². The molecule has 0 aliphatic rings. The molecule has 0 saturated carbocycles. The van der Waals surface area contributed by atoms with E-state index >= 15 is 0 Å². The van der Waals surface area contributed by atoms with Crippen molar-refractivity contribution in [1.82, 2.24) is 0 Å². The Morgan fingerprint density at radius 1 is 1.26 bits per heavy atom. The fourth-order valence-electron chi connectivity index (χ4n) is 2.12. The summed E-state index contributed by atoms with van der Waals surface area (Å²) in [5.41, 5.74) is 11.0. The van der Waals surface area contributed by atoms with Crippen LogP contribution in [0.2, 0.25) is 0 Å². The number of nitrogens with two attached hydrogens (primary N) is 1. The number of hydrogen-bond donors (Lipinski definition) is 1. The lowest BCUT2D eigenvalue weighted by atomic mass is 9.99. The van der Waals surface area contributed by atoms with Crippen molar-refractivity contribution in [3.8, 4) is 5.75 Å². The van der Waals surface area contributed by atoms with Gasteiger partial charge in [-0.15, -0.1) is 0 Å². The predicted molar refractivity (Wildman–Crippen MR) is 82.8 cm³/mol. The summed E-state index contributed by atoms with van der Waals surface area (Å²) in [4.78, 5) is 0. The number of allylic oxidation sites excluding steroid dienone is 1. The van der Waals surface area contributed by atoms with Gasteiger partial charge >= 0.3 is 0 Å². The second-order valence-corrected chi connectivity index (χ2v) is 5.52. The van der Waals surface area contributed by atoms with Gasteiger partial charge in [-0.2, -0.15) is 0 Å². The molecule has 1 atom stereocenters. The molecule has 0 aliphatic heterocycles. The zero-order valence-electron chi connectivity index (χ0n) is 12.9. The first kappa shape index (κ1) is 15.8. The van der Waals surface area contributed by atoms with Crippen molar-refractivity contribution in [3.63, 3.8) is 0 Å². The monoisotopic (exact) mass is 261 g/mol. The lowest BCUT2D eigenvalue weighted by Crippen LogP contribution is -2.21. The number of rotatable bonds is 6. The summed E-state index contributed by atoms with van der Waals surface area (Å²) in [6.07, 6.45) is 4.04. The minimum Gasteiger partial charge on any atom is -0.489 e. The first-order chi connectivity index (χ1) is 8.93. The minimum atomic E-state index is 0.247. The third-order valence-corrected chi connectivity index (χ3v) is 3.26. The fraction of sp³-hybridized carbons (Fsp3) is 0.529. The molecule has 0 saturated heterocycles. The second-order valence-electron chi connectivity index (χ2n) is 5.52. The van der Waals surface area contributed by atoms with Gasteiger partial charge in [0.05, 0.1) is 0 Å². The maximum atomic E-state index is 6.02. The largest absolute Gasteiger partial charge is 0.489 e. The SMILES string of the molecule is CCC(N)Cc1cc(C)c(OCC=C(C)C)c(C)c1. The van der Waals surface area contributed by atoms with Crippen LogP contribution >= 0.6 is 0 Å². The van der Waals surface area contributed by atoms with Gasteiger partial charge in [0.15, 0.2) is 0 Å². The van der Waals surface area contributed by atoms with Crippen molar-refractivity contribution < 1.29 is 4.74 Å². The molecule has 0 bridgehead atoms. The Balaban J connectivity index is 2.82. The topological polar surface area (TPSA) is 35.2 Å². The summed E-state index contributed by atoms with van der Waals surface area (Å²) in [6.45, 7) is 11.1. The average Bonchev–Trinajstić information content (AvgIpc) is 2.32. The van der Waals surface area contributed by atoms with E-state index in [4.69, 9.17) is 10.5 Å². The predicted octanol–water partition coefficient (Wildman–Crippen LogP) is 3.93. The van der Waals surface area contributed by atoms with Crippen LogP contribution in [0.15, 0.2) is 23.8 Å². The van der Waals surface area contributed by atoms with Crippen LogP contribution in [-0.2, 0) is 6.42 Å². The summed E-state index contributed by atoms with van der Waals surface area (Å²) in [5, 5.41) is 0. The molecule has 2 nitrogen and oxygen atoms in total. The van der Waals surface area contributed by atoms with Gasteiger partial charge in [-0.1, -0.05) is 24.6 Å². The van der Waals surface area contributed by atoms with Crippen molar-refractivity contribution in [2.24, 2.45) is 5.73 Å². The summed E-state index contributed by atoms with van der Waals surface area (Å²) < 4.78 is 5.86. The quantitative estimate of drug-likeness (QED) is 0.787. The molecule has 106 valence electrons. The smallest absolute Gasteiger partial charge is 0.125 e. The van der Waals surface area contributed by atoms with Crippen LogP contribution in [-0.4, -0.2) is 12.6 Å². The zero-order chi connectivity index (χ0) is 14.4. The highest BCUT2D eigenvalue weighted by atomic mass is 16.5. The first-order valence-electron chi connectivity index (χ1n) is 7.05. The Kier molecular flexibility index (Phi) is 6.10. The van der Waals surface area contributed by atoms with Gasteiger partial charge in [-0.3, -0.25) is 0 Å². The molecule has 1 rings (SSSR count). The first-order valence-corrected chi connectivity index (χ1v) is 7.05. The highest BCUT2D eigenvalue weighted by molar-refractivity contribution is 5.43. The number of hydrogen-bond acceptors (Lipinski definition) is 2. The van der Waals surface area contributed by atoms with E-state index in [-0.39, 0.29) is 6.04 Å². The molecule has 0 aliphatic carbocycles. The molecule has 0 aromatic heterocycles. The number of benzene rings is 1. The van der Waals surface area contributed by atoms with E-state index in [2.05, 4.69) is 52.8 Å². The maximum absolute atomic E-state index is 6.02. The second kappa shape index (κ2) is 7.34. The van der Waals surface area contributed by atoms with Crippen LogP contribution in [0.4, 0.5) is 0 Å². The molecular formula is C17H27NO. The van der Waals surface area contributed by atoms with Gasteiger partial charge < -0.3 is 10.5 Å². The molecule has 19 heavy (non-hydrogen) atoms. The van der Waals surface area contributed by atoms with E-state index in [9.17, 15) is 0 Å². The highest BCUT2D eigenvalue weighted by Crippen LogP contribution is 2.25. The minimum absolute atomic E-state index is 0.247. The molecule has 1 unspecified atom stereocenters. The van der Waals surface area contributed by atoms with Crippen molar-refractivity contribution in [3.05, 3.63) is 40.5 Å². The Labute approximate surface area is 117 Å². The third kappa shape index (κ3) is 5.07. The van der Waals surface area contributed by atoms with Gasteiger partial charge in [0.25, 0.3) is 0 Å². The maximum Gasteiger partial charge on any atom is 0.125 e. The standard InChI is InChI=1S/C17H27NO/c1-6-16(18)11-15-9-13(4)17(14(5)10-15)19-8-7-12(2)3/h7,9-10,16H,6,8,11,18H2,1-5H3. The van der Waals surface area contributed by atoms with Crippen molar-refractivity contribution in [1.29, 1.82) is 0 Å². The Morgan fingerprint density at radius 3 is 2.32 bits per heavy atom.